The van der Waals surface area contributed by atoms with Gasteiger partial charge >= 0.3 is 12.5 Å². The minimum absolute atomic E-state index is 0.149. The van der Waals surface area contributed by atoms with Gasteiger partial charge in [0.25, 0.3) is 0 Å². The first-order valence-electron chi connectivity index (χ1n) is 3.96. The van der Waals surface area contributed by atoms with E-state index in [4.69, 9.17) is 0 Å². The van der Waals surface area contributed by atoms with Crippen LogP contribution >= 0.6 is 15.9 Å². The fraction of sp³-hybridized carbons (Fsp3) is 0.333. The Kier molecular flexibility index (Phi) is 3.96. The van der Waals surface area contributed by atoms with Crippen LogP contribution in [0.15, 0.2) is 24.3 Å². The largest absolute Gasteiger partial charge is 0.457 e. The Labute approximate surface area is 92.2 Å². The summed E-state index contributed by atoms with van der Waals surface area (Å²) in [5.74, 6) is -0.149. The maximum atomic E-state index is 12.4. The number of alkyl halides is 5. The highest BCUT2D eigenvalue weighted by Crippen LogP contribution is 2.26. The monoisotopic (exact) mass is 286 g/mol. The molecular formula is C9H7BrF4O. The zero-order valence-electron chi connectivity index (χ0n) is 7.39. The van der Waals surface area contributed by atoms with Gasteiger partial charge in [-0.25, -0.2) is 0 Å². The lowest BCUT2D eigenvalue weighted by molar-refractivity contribution is -0.236. The van der Waals surface area contributed by atoms with Crippen molar-refractivity contribution in [2.75, 3.05) is 0 Å². The zero-order chi connectivity index (χ0) is 11.5. The van der Waals surface area contributed by atoms with Crippen LogP contribution in [0.1, 0.15) is 5.56 Å². The summed E-state index contributed by atoms with van der Waals surface area (Å²) in [6.45, 7) is 0. The lowest BCUT2D eigenvalue weighted by atomic mass is 10.2. The van der Waals surface area contributed by atoms with E-state index in [1.807, 2.05) is 0 Å². The van der Waals surface area contributed by atoms with Crippen molar-refractivity contribution in [3.8, 4) is 5.75 Å². The first-order chi connectivity index (χ1) is 6.93. The highest BCUT2D eigenvalue weighted by atomic mass is 79.9. The second-order valence-corrected chi connectivity index (χ2v) is 3.31. The van der Waals surface area contributed by atoms with E-state index in [2.05, 4.69) is 20.7 Å². The summed E-state index contributed by atoms with van der Waals surface area (Å²) in [7, 11) is 0. The lowest BCUT2D eigenvalue weighted by Crippen LogP contribution is -2.29. The van der Waals surface area contributed by atoms with Crippen LogP contribution in [-0.4, -0.2) is 12.5 Å². The summed E-state index contributed by atoms with van der Waals surface area (Å²) >= 11 is 3.17. The van der Waals surface area contributed by atoms with Gasteiger partial charge in [-0.2, -0.15) is 17.6 Å². The average molecular weight is 287 g/mol. The molecule has 1 unspecified atom stereocenters. The number of hydrogen-bond acceptors (Lipinski definition) is 1. The molecule has 1 aromatic rings. The third-order valence-corrected chi connectivity index (χ3v) is 2.22. The summed E-state index contributed by atoms with van der Waals surface area (Å²) in [4.78, 5) is 0. The van der Waals surface area contributed by atoms with E-state index >= 15 is 0 Å². The highest BCUT2D eigenvalue weighted by Gasteiger charge is 2.42. The van der Waals surface area contributed by atoms with Gasteiger partial charge in [0.1, 0.15) is 5.75 Å². The molecule has 0 fully saturated rings. The molecule has 0 radical (unpaired) electrons. The number of benzene rings is 1. The first-order valence-corrected chi connectivity index (χ1v) is 5.08. The van der Waals surface area contributed by atoms with Crippen LogP contribution in [0, 0.1) is 0 Å². The fourth-order valence-corrected chi connectivity index (χ4v) is 1.22. The molecule has 1 rings (SSSR count). The number of rotatable bonds is 3. The fourth-order valence-electron chi connectivity index (χ4n) is 0.843. The van der Waals surface area contributed by atoms with Gasteiger partial charge in [-0.05, 0) is 17.7 Å². The van der Waals surface area contributed by atoms with Crippen molar-refractivity contribution in [3.63, 3.8) is 0 Å². The van der Waals surface area contributed by atoms with Crippen LogP contribution < -0.4 is 4.74 Å². The Morgan fingerprint density at radius 3 is 2.13 bits per heavy atom. The molecular weight excluding hydrogens is 280 g/mol. The molecule has 1 atom stereocenters. The second-order valence-electron chi connectivity index (χ2n) is 2.75. The van der Waals surface area contributed by atoms with Crippen molar-refractivity contribution in [3.05, 3.63) is 29.8 Å². The lowest BCUT2D eigenvalue weighted by Gasteiger charge is -2.14. The van der Waals surface area contributed by atoms with Crippen molar-refractivity contribution in [1.82, 2.24) is 0 Å². The van der Waals surface area contributed by atoms with E-state index in [1.165, 1.54) is 12.1 Å². The molecule has 15 heavy (non-hydrogen) atoms. The third kappa shape index (κ3) is 3.70. The van der Waals surface area contributed by atoms with Gasteiger partial charge in [-0.1, -0.05) is 28.1 Å². The maximum Gasteiger partial charge on any atom is 0.457 e. The van der Waals surface area contributed by atoms with Crippen LogP contribution in [0.2, 0.25) is 0 Å². The van der Waals surface area contributed by atoms with Crippen molar-refractivity contribution in [2.45, 2.75) is 17.9 Å². The van der Waals surface area contributed by atoms with Gasteiger partial charge in [0.05, 0.1) is 0 Å². The normalized spacial score (nSPS) is 13.7. The Hall–Kier alpha value is -0.780. The minimum atomic E-state index is -4.99. The summed E-state index contributed by atoms with van der Waals surface area (Å²) in [5.41, 5.74) is 0.866. The second kappa shape index (κ2) is 4.83. The number of ether oxygens (including phenoxy) is 1. The molecule has 0 bridgehead atoms. The van der Waals surface area contributed by atoms with Gasteiger partial charge in [0, 0.05) is 5.33 Å². The Morgan fingerprint density at radius 1 is 1.20 bits per heavy atom. The summed E-state index contributed by atoms with van der Waals surface area (Å²) in [6, 6.07) is 5.67. The molecule has 0 N–H and O–H groups in total. The zero-order valence-corrected chi connectivity index (χ0v) is 8.98. The number of hydrogen-bond donors (Lipinski definition) is 0. The predicted molar refractivity (Wildman–Crippen MR) is 50.7 cm³/mol. The Balaban J connectivity index is 2.65. The standard InChI is InChI=1S/C9H7BrF4O/c10-5-6-1-3-7(4-2-6)15-8(11)9(12,13)14/h1-4,8H,5H2. The van der Waals surface area contributed by atoms with E-state index in [0.29, 0.717) is 5.33 Å². The van der Waals surface area contributed by atoms with E-state index in [1.54, 1.807) is 12.1 Å². The van der Waals surface area contributed by atoms with Crippen LogP contribution in [0.25, 0.3) is 0 Å². The highest BCUT2D eigenvalue weighted by molar-refractivity contribution is 9.08. The van der Waals surface area contributed by atoms with Gasteiger partial charge < -0.3 is 4.74 Å². The Morgan fingerprint density at radius 2 is 1.73 bits per heavy atom. The molecule has 0 spiro atoms. The average Bonchev–Trinajstić information content (AvgIpc) is 2.17. The first kappa shape index (κ1) is 12.3. The smallest absolute Gasteiger partial charge is 0.452 e. The van der Waals surface area contributed by atoms with Gasteiger partial charge in [0.15, 0.2) is 0 Å². The SMILES string of the molecule is FC(Oc1ccc(CBr)cc1)C(F)(F)F. The molecule has 0 saturated heterocycles. The molecule has 84 valence electrons. The summed E-state index contributed by atoms with van der Waals surface area (Å²) in [5, 5.41) is 0.575. The van der Waals surface area contributed by atoms with Crippen molar-refractivity contribution in [1.29, 1.82) is 0 Å². The molecule has 6 heteroatoms. The third-order valence-electron chi connectivity index (χ3n) is 1.57. The van der Waals surface area contributed by atoms with Crippen LogP contribution in [0.3, 0.4) is 0 Å². The van der Waals surface area contributed by atoms with E-state index in [9.17, 15) is 17.6 Å². The van der Waals surface area contributed by atoms with Crippen molar-refractivity contribution >= 4 is 15.9 Å². The minimum Gasteiger partial charge on any atom is -0.452 e. The molecule has 0 saturated carbocycles. The maximum absolute atomic E-state index is 12.4. The predicted octanol–water partition coefficient (Wildman–Crippen LogP) is 3.82. The van der Waals surface area contributed by atoms with E-state index in [-0.39, 0.29) is 5.75 Å². The van der Waals surface area contributed by atoms with Gasteiger partial charge in [-0.15, -0.1) is 0 Å². The summed E-state index contributed by atoms with van der Waals surface area (Å²) < 4.78 is 51.8. The molecule has 1 nitrogen and oxygen atoms in total. The van der Waals surface area contributed by atoms with E-state index in [0.717, 1.165) is 5.56 Å². The molecule has 0 heterocycles. The molecule has 0 aliphatic rings. The molecule has 0 aliphatic carbocycles. The van der Waals surface area contributed by atoms with Crippen LogP contribution in [0.5, 0.6) is 5.75 Å². The van der Waals surface area contributed by atoms with Crippen LogP contribution in [0.4, 0.5) is 17.6 Å². The van der Waals surface area contributed by atoms with Gasteiger partial charge in [0.2, 0.25) is 0 Å². The topological polar surface area (TPSA) is 9.23 Å². The Bertz CT molecular complexity index is 309. The molecule has 0 aromatic heterocycles. The summed E-state index contributed by atoms with van der Waals surface area (Å²) in [6.07, 6.45) is -8.28. The van der Waals surface area contributed by atoms with Crippen LogP contribution in [-0.2, 0) is 5.33 Å². The number of halogens is 5. The van der Waals surface area contributed by atoms with Crippen molar-refractivity contribution < 1.29 is 22.3 Å². The van der Waals surface area contributed by atoms with Crippen molar-refractivity contribution in [2.24, 2.45) is 0 Å². The molecule has 0 aliphatic heterocycles. The molecule has 0 amide bonds. The van der Waals surface area contributed by atoms with Gasteiger partial charge in [-0.3, -0.25) is 0 Å². The van der Waals surface area contributed by atoms with E-state index < -0.39 is 12.5 Å². The molecule has 1 aromatic carbocycles. The quantitative estimate of drug-likeness (QED) is 0.606.